The largest absolute Gasteiger partial charge is 0.118 e. The van der Waals surface area contributed by atoms with Gasteiger partial charge in [-0.1, -0.05) is 18.2 Å². The van der Waals surface area contributed by atoms with Crippen LogP contribution < -0.4 is 0 Å². The van der Waals surface area contributed by atoms with E-state index < -0.39 is 0 Å². The minimum atomic E-state index is 0.209. The smallest absolute Gasteiger partial charge is 0.0590 e. The van der Waals surface area contributed by atoms with Gasteiger partial charge in [-0.25, -0.2) is 0 Å². The predicted octanol–water partition coefficient (Wildman–Crippen LogP) is 6.19. The summed E-state index contributed by atoms with van der Waals surface area (Å²) in [4.78, 5) is 0. The van der Waals surface area contributed by atoms with Crippen molar-refractivity contribution in [1.29, 1.82) is 0 Å². The number of rotatable bonds is 3. The van der Waals surface area contributed by atoms with Crippen molar-refractivity contribution in [2.75, 3.05) is 0 Å². The lowest BCUT2D eigenvalue weighted by Gasteiger charge is -2.57. The summed E-state index contributed by atoms with van der Waals surface area (Å²) in [6.45, 7) is 4.38. The fourth-order valence-electron chi connectivity index (χ4n) is 6.00. The second-order valence-corrected chi connectivity index (χ2v) is 8.96. The SMILES string of the molecule is Cc1ccc(C(Cl)CC23CC4CC(CC(C4)C2)C3)cc1C. The number of hydrogen-bond donors (Lipinski definition) is 0. The fraction of sp³-hybridized carbons (Fsp3) is 0.700. The summed E-state index contributed by atoms with van der Waals surface area (Å²) in [7, 11) is 0. The van der Waals surface area contributed by atoms with Gasteiger partial charge in [0.1, 0.15) is 0 Å². The van der Waals surface area contributed by atoms with E-state index >= 15 is 0 Å². The molecular formula is C20H27Cl. The fourth-order valence-corrected chi connectivity index (χ4v) is 6.46. The van der Waals surface area contributed by atoms with Gasteiger partial charge in [-0.2, -0.15) is 0 Å². The molecule has 1 aromatic carbocycles. The summed E-state index contributed by atoms with van der Waals surface area (Å²) in [6.07, 6.45) is 10.2. The topological polar surface area (TPSA) is 0 Å². The summed E-state index contributed by atoms with van der Waals surface area (Å²) in [6, 6.07) is 6.80. The lowest BCUT2D eigenvalue weighted by molar-refractivity contribution is -0.0576. The first-order valence-corrected chi connectivity index (χ1v) is 9.18. The maximum atomic E-state index is 6.87. The molecule has 1 atom stereocenters. The molecule has 4 saturated carbocycles. The molecule has 4 aliphatic carbocycles. The molecule has 114 valence electrons. The van der Waals surface area contributed by atoms with Crippen LogP contribution in [-0.4, -0.2) is 0 Å². The van der Waals surface area contributed by atoms with Crippen LogP contribution in [0.1, 0.15) is 67.0 Å². The van der Waals surface area contributed by atoms with Gasteiger partial charge in [-0.15, -0.1) is 11.6 Å². The Morgan fingerprint density at radius 1 is 1.00 bits per heavy atom. The van der Waals surface area contributed by atoms with E-state index in [9.17, 15) is 0 Å². The standard InChI is InChI=1S/C20H27Cl/c1-13-3-4-18(5-14(13)2)19(21)12-20-9-15-6-16(10-20)8-17(7-15)11-20/h3-5,15-17,19H,6-12H2,1-2H3. The zero-order valence-corrected chi connectivity index (χ0v) is 14.1. The lowest BCUT2D eigenvalue weighted by atomic mass is 9.48. The van der Waals surface area contributed by atoms with Gasteiger partial charge in [-0.05, 0) is 98.7 Å². The Hall–Kier alpha value is -0.490. The van der Waals surface area contributed by atoms with Gasteiger partial charge in [0.15, 0.2) is 0 Å². The highest BCUT2D eigenvalue weighted by molar-refractivity contribution is 6.20. The molecule has 21 heavy (non-hydrogen) atoms. The van der Waals surface area contributed by atoms with Crippen molar-refractivity contribution in [3.05, 3.63) is 34.9 Å². The number of halogens is 1. The normalized spacial score (nSPS) is 38.7. The Kier molecular flexibility index (Phi) is 3.37. The highest BCUT2D eigenvalue weighted by atomic mass is 35.5. The molecule has 0 N–H and O–H groups in total. The van der Waals surface area contributed by atoms with E-state index in [-0.39, 0.29) is 5.38 Å². The van der Waals surface area contributed by atoms with Crippen LogP contribution in [0.2, 0.25) is 0 Å². The molecule has 4 bridgehead atoms. The third kappa shape index (κ3) is 2.54. The zero-order chi connectivity index (χ0) is 14.6. The Labute approximate surface area is 134 Å². The quantitative estimate of drug-likeness (QED) is 0.584. The second-order valence-electron chi connectivity index (χ2n) is 8.43. The van der Waals surface area contributed by atoms with Crippen LogP contribution in [0.25, 0.3) is 0 Å². The highest BCUT2D eigenvalue weighted by Gasteiger charge is 2.51. The Morgan fingerprint density at radius 3 is 2.10 bits per heavy atom. The first-order valence-electron chi connectivity index (χ1n) is 8.74. The molecule has 4 fully saturated rings. The molecule has 1 aromatic rings. The van der Waals surface area contributed by atoms with E-state index in [1.54, 1.807) is 0 Å². The minimum Gasteiger partial charge on any atom is -0.118 e. The molecule has 0 aromatic heterocycles. The molecule has 0 spiro atoms. The second kappa shape index (κ2) is 5.01. The number of hydrogen-bond acceptors (Lipinski definition) is 0. The van der Waals surface area contributed by atoms with Crippen LogP contribution in [0.15, 0.2) is 18.2 Å². The first-order chi connectivity index (χ1) is 10.0. The van der Waals surface area contributed by atoms with Gasteiger partial charge in [0.25, 0.3) is 0 Å². The van der Waals surface area contributed by atoms with E-state index in [1.807, 2.05) is 0 Å². The maximum Gasteiger partial charge on any atom is 0.0590 e. The molecule has 0 heterocycles. The van der Waals surface area contributed by atoms with Crippen molar-refractivity contribution >= 4 is 11.6 Å². The van der Waals surface area contributed by atoms with Crippen LogP contribution in [-0.2, 0) is 0 Å². The Bertz CT molecular complexity index is 509. The molecular weight excluding hydrogens is 276 g/mol. The van der Waals surface area contributed by atoms with Crippen molar-refractivity contribution in [2.45, 2.75) is 64.2 Å². The van der Waals surface area contributed by atoms with Crippen LogP contribution >= 0.6 is 11.6 Å². The molecule has 1 unspecified atom stereocenters. The minimum absolute atomic E-state index is 0.209. The Morgan fingerprint density at radius 2 is 1.57 bits per heavy atom. The van der Waals surface area contributed by atoms with Crippen LogP contribution in [0.3, 0.4) is 0 Å². The van der Waals surface area contributed by atoms with Crippen molar-refractivity contribution < 1.29 is 0 Å². The highest BCUT2D eigenvalue weighted by Crippen LogP contribution is 2.62. The molecule has 1 heteroatoms. The van der Waals surface area contributed by atoms with Gasteiger partial charge in [0, 0.05) is 0 Å². The summed E-state index contributed by atoms with van der Waals surface area (Å²) in [5, 5.41) is 0.209. The number of benzene rings is 1. The van der Waals surface area contributed by atoms with Crippen molar-refractivity contribution in [3.8, 4) is 0 Å². The summed E-state index contributed by atoms with van der Waals surface area (Å²) in [5.41, 5.74) is 4.68. The van der Waals surface area contributed by atoms with E-state index in [0.717, 1.165) is 17.8 Å². The van der Waals surface area contributed by atoms with Gasteiger partial charge < -0.3 is 0 Å². The number of aryl methyl sites for hydroxylation is 2. The predicted molar refractivity (Wildman–Crippen MR) is 89.7 cm³/mol. The van der Waals surface area contributed by atoms with Crippen molar-refractivity contribution in [3.63, 3.8) is 0 Å². The van der Waals surface area contributed by atoms with Gasteiger partial charge in [-0.3, -0.25) is 0 Å². The third-order valence-corrected chi connectivity index (χ3v) is 7.08. The average Bonchev–Trinajstić information content (AvgIpc) is 2.39. The average molecular weight is 303 g/mol. The molecule has 5 rings (SSSR count). The molecule has 0 saturated heterocycles. The summed E-state index contributed by atoms with van der Waals surface area (Å²) < 4.78 is 0. The van der Waals surface area contributed by atoms with Crippen molar-refractivity contribution in [1.82, 2.24) is 0 Å². The molecule has 0 amide bonds. The molecule has 0 radical (unpaired) electrons. The van der Waals surface area contributed by atoms with Crippen LogP contribution in [0, 0.1) is 37.0 Å². The van der Waals surface area contributed by atoms with E-state index in [1.165, 1.54) is 61.6 Å². The van der Waals surface area contributed by atoms with Crippen LogP contribution in [0.5, 0.6) is 0 Å². The molecule has 4 aliphatic rings. The van der Waals surface area contributed by atoms with E-state index in [2.05, 4.69) is 32.0 Å². The van der Waals surface area contributed by atoms with E-state index in [0.29, 0.717) is 5.41 Å². The summed E-state index contributed by atoms with van der Waals surface area (Å²) >= 11 is 6.87. The number of alkyl halides is 1. The summed E-state index contributed by atoms with van der Waals surface area (Å²) in [5.74, 6) is 3.08. The zero-order valence-electron chi connectivity index (χ0n) is 13.4. The van der Waals surface area contributed by atoms with Gasteiger partial charge >= 0.3 is 0 Å². The first kappa shape index (κ1) is 14.1. The van der Waals surface area contributed by atoms with E-state index in [4.69, 9.17) is 11.6 Å². The lowest BCUT2D eigenvalue weighted by Crippen LogP contribution is -2.46. The molecule has 0 aliphatic heterocycles. The van der Waals surface area contributed by atoms with Crippen LogP contribution in [0.4, 0.5) is 0 Å². The Balaban J connectivity index is 1.53. The van der Waals surface area contributed by atoms with Gasteiger partial charge in [0.05, 0.1) is 5.38 Å². The third-order valence-electron chi connectivity index (χ3n) is 6.67. The molecule has 0 nitrogen and oxygen atoms in total. The van der Waals surface area contributed by atoms with Gasteiger partial charge in [0.2, 0.25) is 0 Å². The maximum absolute atomic E-state index is 6.87. The monoisotopic (exact) mass is 302 g/mol. The van der Waals surface area contributed by atoms with Crippen molar-refractivity contribution in [2.24, 2.45) is 23.2 Å².